The first kappa shape index (κ1) is 9.19. The van der Waals surface area contributed by atoms with Gasteiger partial charge in [-0.05, 0) is 13.3 Å². The van der Waals surface area contributed by atoms with E-state index in [-0.39, 0.29) is 18.4 Å². The molecule has 0 saturated carbocycles. The van der Waals surface area contributed by atoms with Gasteiger partial charge in [0.25, 0.3) is 5.91 Å². The lowest BCUT2D eigenvalue weighted by atomic mass is 10.0. The van der Waals surface area contributed by atoms with Crippen molar-refractivity contribution in [2.24, 2.45) is 11.0 Å². The number of hydrazone groups is 1. The summed E-state index contributed by atoms with van der Waals surface area (Å²) in [6.45, 7) is 4.11. The molecule has 1 unspecified atom stereocenters. The van der Waals surface area contributed by atoms with Crippen LogP contribution in [0, 0.1) is 5.92 Å². The van der Waals surface area contributed by atoms with Crippen LogP contribution in [0.5, 0.6) is 0 Å². The third-order valence-corrected chi connectivity index (χ3v) is 2.05. The van der Waals surface area contributed by atoms with Gasteiger partial charge in [-0.15, -0.1) is 0 Å². The number of carbonyl (C=O) groups excluding carboxylic acids is 1. The molecule has 1 N–H and O–H groups in total. The standard InChI is InChI=1S/C8H14N2O2/c1-3-7-6(2)8(12)10(9-7)4-5-11/h6,11H,3-5H2,1-2H3. The Morgan fingerprint density at radius 3 is 2.75 bits per heavy atom. The highest BCUT2D eigenvalue weighted by Gasteiger charge is 2.30. The summed E-state index contributed by atoms with van der Waals surface area (Å²) in [5.41, 5.74) is 0.911. The number of rotatable bonds is 3. The summed E-state index contributed by atoms with van der Waals surface area (Å²) < 4.78 is 0. The molecular weight excluding hydrogens is 156 g/mol. The van der Waals surface area contributed by atoms with Gasteiger partial charge in [0.1, 0.15) is 0 Å². The number of hydrogen-bond donors (Lipinski definition) is 1. The quantitative estimate of drug-likeness (QED) is 0.659. The topological polar surface area (TPSA) is 52.9 Å². The van der Waals surface area contributed by atoms with E-state index in [1.807, 2.05) is 13.8 Å². The van der Waals surface area contributed by atoms with Crippen LogP contribution >= 0.6 is 0 Å². The van der Waals surface area contributed by atoms with Crippen molar-refractivity contribution in [1.29, 1.82) is 0 Å². The van der Waals surface area contributed by atoms with Crippen LogP contribution in [0.1, 0.15) is 20.3 Å². The summed E-state index contributed by atoms with van der Waals surface area (Å²) in [4.78, 5) is 11.4. The van der Waals surface area contributed by atoms with Crippen LogP contribution in [-0.4, -0.2) is 34.9 Å². The Morgan fingerprint density at radius 1 is 1.67 bits per heavy atom. The number of amides is 1. The fraction of sp³-hybridized carbons (Fsp3) is 0.750. The lowest BCUT2D eigenvalue weighted by Gasteiger charge is -2.09. The van der Waals surface area contributed by atoms with Gasteiger partial charge in [0.15, 0.2) is 0 Å². The SMILES string of the molecule is CCC1=NN(CCO)C(=O)C1C. The molecule has 0 fully saturated rings. The minimum Gasteiger partial charge on any atom is -0.394 e. The van der Waals surface area contributed by atoms with Gasteiger partial charge in [0.2, 0.25) is 0 Å². The third kappa shape index (κ3) is 1.48. The molecule has 0 aromatic rings. The van der Waals surface area contributed by atoms with Crippen LogP contribution in [0.2, 0.25) is 0 Å². The normalized spacial score (nSPS) is 23.2. The fourth-order valence-electron chi connectivity index (χ4n) is 1.29. The maximum Gasteiger partial charge on any atom is 0.251 e. The molecule has 1 amide bonds. The van der Waals surface area contributed by atoms with Crippen LogP contribution in [-0.2, 0) is 4.79 Å². The number of β-amino-alcohol motifs (C(OH)–C–C–N with tert-alkyl or cyclic N) is 1. The summed E-state index contributed by atoms with van der Waals surface area (Å²) >= 11 is 0. The van der Waals surface area contributed by atoms with E-state index in [1.165, 1.54) is 5.01 Å². The molecule has 0 spiro atoms. The summed E-state index contributed by atoms with van der Waals surface area (Å²) in [7, 11) is 0. The Morgan fingerprint density at radius 2 is 2.33 bits per heavy atom. The van der Waals surface area contributed by atoms with E-state index in [0.717, 1.165) is 12.1 Å². The second kappa shape index (κ2) is 3.67. The summed E-state index contributed by atoms with van der Waals surface area (Å²) in [5.74, 6) is -0.0950. The Kier molecular flexibility index (Phi) is 2.81. The summed E-state index contributed by atoms with van der Waals surface area (Å²) in [6.07, 6.45) is 0.800. The molecule has 12 heavy (non-hydrogen) atoms. The highest BCUT2D eigenvalue weighted by Crippen LogP contribution is 2.16. The molecule has 0 radical (unpaired) electrons. The Labute approximate surface area is 71.9 Å². The fourth-order valence-corrected chi connectivity index (χ4v) is 1.29. The number of hydrogen-bond acceptors (Lipinski definition) is 3. The van der Waals surface area contributed by atoms with E-state index in [2.05, 4.69) is 5.10 Å². The Hall–Kier alpha value is -0.900. The molecule has 0 aromatic carbocycles. The molecular formula is C8H14N2O2. The zero-order valence-corrected chi connectivity index (χ0v) is 7.45. The van der Waals surface area contributed by atoms with Gasteiger partial charge in [0, 0.05) is 0 Å². The van der Waals surface area contributed by atoms with Gasteiger partial charge in [-0.1, -0.05) is 6.92 Å². The van der Waals surface area contributed by atoms with Crippen molar-refractivity contribution in [2.75, 3.05) is 13.2 Å². The Bertz CT molecular complexity index is 213. The molecule has 4 nitrogen and oxygen atoms in total. The van der Waals surface area contributed by atoms with Gasteiger partial charge in [-0.25, -0.2) is 5.01 Å². The van der Waals surface area contributed by atoms with Crippen LogP contribution in [0.3, 0.4) is 0 Å². The third-order valence-electron chi connectivity index (χ3n) is 2.05. The molecule has 1 atom stereocenters. The van der Waals surface area contributed by atoms with Crippen molar-refractivity contribution in [1.82, 2.24) is 5.01 Å². The number of carbonyl (C=O) groups is 1. The van der Waals surface area contributed by atoms with Crippen molar-refractivity contribution in [2.45, 2.75) is 20.3 Å². The second-order valence-electron chi connectivity index (χ2n) is 2.85. The van der Waals surface area contributed by atoms with E-state index < -0.39 is 0 Å². The first-order valence-corrected chi connectivity index (χ1v) is 4.20. The van der Waals surface area contributed by atoms with E-state index in [1.54, 1.807) is 0 Å². The number of aliphatic hydroxyl groups is 1. The molecule has 4 heteroatoms. The zero-order chi connectivity index (χ0) is 9.14. The van der Waals surface area contributed by atoms with Crippen LogP contribution in [0.15, 0.2) is 5.10 Å². The van der Waals surface area contributed by atoms with Crippen LogP contribution < -0.4 is 0 Å². The van der Waals surface area contributed by atoms with Gasteiger partial charge in [0.05, 0.1) is 24.8 Å². The second-order valence-corrected chi connectivity index (χ2v) is 2.85. The van der Waals surface area contributed by atoms with Crippen LogP contribution in [0.25, 0.3) is 0 Å². The molecule has 1 aliphatic heterocycles. The lowest BCUT2D eigenvalue weighted by Crippen LogP contribution is -2.28. The molecule has 0 saturated heterocycles. The largest absolute Gasteiger partial charge is 0.394 e. The molecule has 1 rings (SSSR count). The van der Waals surface area contributed by atoms with Gasteiger partial charge in [-0.3, -0.25) is 4.79 Å². The van der Waals surface area contributed by atoms with E-state index in [0.29, 0.717) is 6.54 Å². The maximum atomic E-state index is 11.4. The molecule has 0 aliphatic carbocycles. The van der Waals surface area contributed by atoms with Crippen molar-refractivity contribution < 1.29 is 9.90 Å². The van der Waals surface area contributed by atoms with Crippen molar-refractivity contribution in [3.63, 3.8) is 0 Å². The lowest BCUT2D eigenvalue weighted by molar-refractivity contribution is -0.131. The molecule has 68 valence electrons. The summed E-state index contributed by atoms with van der Waals surface area (Å²) in [6, 6.07) is 0. The van der Waals surface area contributed by atoms with Gasteiger partial charge >= 0.3 is 0 Å². The van der Waals surface area contributed by atoms with E-state index in [9.17, 15) is 4.79 Å². The average Bonchev–Trinajstić information content (AvgIpc) is 2.33. The zero-order valence-electron chi connectivity index (χ0n) is 7.45. The number of aliphatic hydroxyl groups excluding tert-OH is 1. The highest BCUT2D eigenvalue weighted by molar-refractivity contribution is 6.07. The monoisotopic (exact) mass is 170 g/mol. The predicted molar refractivity (Wildman–Crippen MR) is 45.7 cm³/mol. The smallest absolute Gasteiger partial charge is 0.251 e. The highest BCUT2D eigenvalue weighted by atomic mass is 16.3. The minimum absolute atomic E-state index is 0.000833. The predicted octanol–water partition coefficient (Wildman–Crippen LogP) is 0.223. The van der Waals surface area contributed by atoms with E-state index in [4.69, 9.17) is 5.11 Å². The molecule has 1 heterocycles. The first-order chi connectivity index (χ1) is 5.70. The average molecular weight is 170 g/mol. The molecule has 1 aliphatic rings. The number of nitrogens with zero attached hydrogens (tertiary/aromatic N) is 2. The van der Waals surface area contributed by atoms with Crippen LogP contribution in [0.4, 0.5) is 0 Å². The maximum absolute atomic E-state index is 11.4. The Balaban J connectivity index is 2.68. The van der Waals surface area contributed by atoms with Crippen molar-refractivity contribution >= 4 is 11.6 Å². The van der Waals surface area contributed by atoms with Gasteiger partial charge < -0.3 is 5.11 Å². The van der Waals surface area contributed by atoms with E-state index >= 15 is 0 Å². The summed E-state index contributed by atoms with van der Waals surface area (Å²) in [5, 5.41) is 14.1. The van der Waals surface area contributed by atoms with Crippen molar-refractivity contribution in [3.05, 3.63) is 0 Å². The molecule has 0 bridgehead atoms. The molecule has 0 aromatic heterocycles. The van der Waals surface area contributed by atoms with Crippen molar-refractivity contribution in [3.8, 4) is 0 Å². The minimum atomic E-state index is -0.0958. The van der Waals surface area contributed by atoms with Gasteiger partial charge in [-0.2, -0.15) is 5.10 Å². The first-order valence-electron chi connectivity index (χ1n) is 4.20.